The summed E-state index contributed by atoms with van der Waals surface area (Å²) in [5.41, 5.74) is 1.03. The summed E-state index contributed by atoms with van der Waals surface area (Å²) >= 11 is 0. The average Bonchev–Trinajstić information content (AvgIpc) is 3.52. The third-order valence-corrected chi connectivity index (χ3v) is 5.98. The molecule has 0 unspecified atom stereocenters. The van der Waals surface area contributed by atoms with Gasteiger partial charge in [-0.3, -0.25) is 4.79 Å². The van der Waals surface area contributed by atoms with Crippen molar-refractivity contribution in [3.63, 3.8) is 0 Å². The second-order valence-electron chi connectivity index (χ2n) is 6.56. The van der Waals surface area contributed by atoms with Gasteiger partial charge >= 0.3 is 0 Å². The van der Waals surface area contributed by atoms with E-state index in [-0.39, 0.29) is 29.8 Å². The van der Waals surface area contributed by atoms with Crippen molar-refractivity contribution in [2.45, 2.75) is 36.7 Å². The fraction of sp³-hybridized carbons (Fsp3) is 0.350. The number of rotatable bonds is 9. The van der Waals surface area contributed by atoms with Crippen LogP contribution in [0.2, 0.25) is 0 Å². The number of sulfonamides is 1. The molecule has 0 aromatic heterocycles. The van der Waals surface area contributed by atoms with E-state index < -0.39 is 10.0 Å². The molecule has 0 radical (unpaired) electrons. The molecule has 0 bridgehead atoms. The quantitative estimate of drug-likeness (QED) is 0.716. The molecule has 1 aliphatic rings. The van der Waals surface area contributed by atoms with Gasteiger partial charge in [0.1, 0.15) is 5.75 Å². The Morgan fingerprint density at radius 1 is 1.11 bits per heavy atom. The van der Waals surface area contributed by atoms with Crippen molar-refractivity contribution in [3.05, 3.63) is 60.2 Å². The molecule has 1 N–H and O–H groups in total. The Morgan fingerprint density at radius 3 is 2.37 bits per heavy atom. The van der Waals surface area contributed by atoms with Crippen LogP contribution in [0.25, 0.3) is 0 Å². The van der Waals surface area contributed by atoms with E-state index in [4.69, 9.17) is 4.74 Å². The van der Waals surface area contributed by atoms with Crippen LogP contribution in [0.3, 0.4) is 0 Å². The molecule has 6 nitrogen and oxygen atoms in total. The largest absolute Gasteiger partial charge is 0.497 e. The highest BCUT2D eigenvalue weighted by Gasteiger charge is 2.32. The van der Waals surface area contributed by atoms with Crippen LogP contribution in [-0.4, -0.2) is 38.9 Å². The summed E-state index contributed by atoms with van der Waals surface area (Å²) < 4.78 is 32.1. The maximum atomic E-state index is 12.6. The fourth-order valence-electron chi connectivity index (χ4n) is 2.85. The predicted molar refractivity (Wildman–Crippen MR) is 103 cm³/mol. The van der Waals surface area contributed by atoms with Crippen LogP contribution in [0.4, 0.5) is 0 Å². The average molecular weight is 388 g/mol. The minimum absolute atomic E-state index is 0.0379. The first kappa shape index (κ1) is 19.4. The number of benzene rings is 2. The normalized spacial score (nSPS) is 14.0. The van der Waals surface area contributed by atoms with Crippen molar-refractivity contribution in [3.8, 4) is 5.75 Å². The summed E-state index contributed by atoms with van der Waals surface area (Å²) in [7, 11) is -1.97. The van der Waals surface area contributed by atoms with Crippen LogP contribution in [0.1, 0.15) is 24.8 Å². The van der Waals surface area contributed by atoms with E-state index >= 15 is 0 Å². The van der Waals surface area contributed by atoms with Crippen LogP contribution < -0.4 is 9.46 Å². The Bertz CT molecular complexity index is 863. The van der Waals surface area contributed by atoms with Crippen LogP contribution in [-0.2, 0) is 21.4 Å². The maximum Gasteiger partial charge on any atom is 0.240 e. The summed E-state index contributed by atoms with van der Waals surface area (Å²) in [4.78, 5) is 14.7. The van der Waals surface area contributed by atoms with Gasteiger partial charge in [0, 0.05) is 25.6 Å². The topological polar surface area (TPSA) is 75.7 Å². The standard InChI is InChI=1S/C20H24N2O4S/c1-26-18-11-7-16(8-12-18)15-22(17-9-10-17)20(23)13-14-21-27(24,25)19-5-3-2-4-6-19/h2-8,11-12,17,21H,9-10,13-15H2,1H3. The molecule has 1 fully saturated rings. The molecule has 0 atom stereocenters. The molecule has 1 amide bonds. The maximum absolute atomic E-state index is 12.6. The van der Waals surface area contributed by atoms with Gasteiger partial charge in [0.05, 0.1) is 12.0 Å². The highest BCUT2D eigenvalue weighted by molar-refractivity contribution is 7.89. The zero-order valence-corrected chi connectivity index (χ0v) is 16.1. The first-order valence-electron chi connectivity index (χ1n) is 8.97. The SMILES string of the molecule is COc1ccc(CN(C(=O)CCNS(=O)(=O)c2ccccc2)C2CC2)cc1. The fourth-order valence-corrected chi connectivity index (χ4v) is 3.91. The van der Waals surface area contributed by atoms with Gasteiger partial charge in [0.2, 0.25) is 15.9 Å². The van der Waals surface area contributed by atoms with Crippen molar-refractivity contribution in [2.75, 3.05) is 13.7 Å². The van der Waals surface area contributed by atoms with Crippen molar-refractivity contribution >= 4 is 15.9 Å². The number of nitrogens with zero attached hydrogens (tertiary/aromatic N) is 1. The third kappa shape index (κ3) is 5.30. The van der Waals surface area contributed by atoms with Crippen molar-refractivity contribution in [1.29, 1.82) is 0 Å². The lowest BCUT2D eigenvalue weighted by Gasteiger charge is -2.23. The number of hydrogen-bond donors (Lipinski definition) is 1. The van der Waals surface area contributed by atoms with Crippen LogP contribution >= 0.6 is 0 Å². The molecule has 0 heterocycles. The van der Waals surface area contributed by atoms with E-state index in [9.17, 15) is 13.2 Å². The van der Waals surface area contributed by atoms with Crippen LogP contribution in [0, 0.1) is 0 Å². The van der Waals surface area contributed by atoms with E-state index in [0.717, 1.165) is 24.2 Å². The predicted octanol–water partition coefficient (Wildman–Crippen LogP) is 2.55. The number of ether oxygens (including phenoxy) is 1. The molecule has 2 aromatic rings. The minimum atomic E-state index is -3.59. The van der Waals surface area contributed by atoms with Gasteiger partial charge in [0.15, 0.2) is 0 Å². The molecule has 0 spiro atoms. The van der Waals surface area contributed by atoms with Gasteiger partial charge in [-0.05, 0) is 42.7 Å². The smallest absolute Gasteiger partial charge is 0.240 e. The van der Waals surface area contributed by atoms with E-state index in [1.807, 2.05) is 29.2 Å². The Kier molecular flexibility index (Phi) is 6.13. The highest BCUT2D eigenvalue weighted by atomic mass is 32.2. The van der Waals surface area contributed by atoms with Gasteiger partial charge in [-0.15, -0.1) is 0 Å². The van der Waals surface area contributed by atoms with E-state index in [0.29, 0.717) is 6.54 Å². The minimum Gasteiger partial charge on any atom is -0.497 e. The van der Waals surface area contributed by atoms with Crippen molar-refractivity contribution in [1.82, 2.24) is 9.62 Å². The number of amides is 1. The molecule has 1 saturated carbocycles. The molecular weight excluding hydrogens is 364 g/mol. The van der Waals surface area contributed by atoms with Crippen LogP contribution in [0.15, 0.2) is 59.5 Å². The molecule has 0 saturated heterocycles. The van der Waals surface area contributed by atoms with Gasteiger partial charge in [-0.2, -0.15) is 0 Å². The Hall–Kier alpha value is -2.38. The molecule has 144 valence electrons. The van der Waals surface area contributed by atoms with E-state index in [1.165, 1.54) is 12.1 Å². The lowest BCUT2D eigenvalue weighted by atomic mass is 10.2. The van der Waals surface area contributed by atoms with Gasteiger partial charge < -0.3 is 9.64 Å². The summed E-state index contributed by atoms with van der Waals surface area (Å²) in [6.07, 6.45) is 2.13. The highest BCUT2D eigenvalue weighted by Crippen LogP contribution is 2.29. The number of carbonyl (C=O) groups is 1. The summed E-state index contributed by atoms with van der Waals surface area (Å²) in [5.74, 6) is 0.738. The van der Waals surface area contributed by atoms with Gasteiger partial charge in [-0.25, -0.2) is 13.1 Å². The summed E-state index contributed by atoms with van der Waals surface area (Å²) in [6.45, 7) is 0.612. The lowest BCUT2D eigenvalue weighted by Crippen LogP contribution is -2.35. The van der Waals surface area contributed by atoms with Crippen molar-refractivity contribution < 1.29 is 17.9 Å². The number of methoxy groups -OCH3 is 1. The van der Waals surface area contributed by atoms with Crippen molar-refractivity contribution in [2.24, 2.45) is 0 Å². The zero-order chi connectivity index (χ0) is 19.3. The van der Waals surface area contributed by atoms with E-state index in [2.05, 4.69) is 4.72 Å². The first-order valence-corrected chi connectivity index (χ1v) is 10.4. The Labute approximate surface area is 160 Å². The number of carbonyl (C=O) groups excluding carboxylic acids is 1. The molecular formula is C20H24N2O4S. The molecule has 2 aromatic carbocycles. The first-order chi connectivity index (χ1) is 13.0. The van der Waals surface area contributed by atoms with Gasteiger partial charge in [-0.1, -0.05) is 30.3 Å². The molecule has 7 heteroatoms. The molecule has 0 aliphatic heterocycles. The summed E-state index contributed by atoms with van der Waals surface area (Å²) in [6, 6.07) is 16.1. The lowest BCUT2D eigenvalue weighted by molar-refractivity contribution is -0.132. The zero-order valence-electron chi connectivity index (χ0n) is 15.3. The Morgan fingerprint density at radius 2 is 1.78 bits per heavy atom. The van der Waals surface area contributed by atoms with Gasteiger partial charge in [0.25, 0.3) is 0 Å². The van der Waals surface area contributed by atoms with Crippen LogP contribution in [0.5, 0.6) is 5.75 Å². The molecule has 3 rings (SSSR count). The molecule has 27 heavy (non-hydrogen) atoms. The summed E-state index contributed by atoms with van der Waals surface area (Å²) in [5, 5.41) is 0. The number of hydrogen-bond acceptors (Lipinski definition) is 4. The second-order valence-corrected chi connectivity index (χ2v) is 8.33. The third-order valence-electron chi connectivity index (χ3n) is 4.50. The monoisotopic (exact) mass is 388 g/mol. The second kappa shape index (κ2) is 8.54. The van der Waals surface area contributed by atoms with E-state index in [1.54, 1.807) is 25.3 Å². The number of nitrogens with one attached hydrogen (secondary N) is 1. The molecule has 1 aliphatic carbocycles. The Balaban J connectivity index is 1.56.